The molecule has 2 rings (SSSR count). The molecule has 0 atom stereocenters. The molecule has 0 unspecified atom stereocenters. The second-order valence-electron chi connectivity index (χ2n) is 4.04. The number of nitrogens with zero attached hydrogens (tertiary/aromatic N) is 3. The summed E-state index contributed by atoms with van der Waals surface area (Å²) in [5, 5.41) is 10.3. The van der Waals surface area contributed by atoms with Gasteiger partial charge in [0.15, 0.2) is 0 Å². The van der Waals surface area contributed by atoms with E-state index in [1.54, 1.807) is 24.3 Å². The molecule has 2 aromatic rings. The van der Waals surface area contributed by atoms with E-state index in [2.05, 4.69) is 10.4 Å². The number of amides is 2. The molecule has 1 heterocycles. The summed E-state index contributed by atoms with van der Waals surface area (Å²) in [5.74, 6) is 0. The van der Waals surface area contributed by atoms with Gasteiger partial charge in [0, 0.05) is 17.4 Å². The van der Waals surface area contributed by atoms with Gasteiger partial charge in [-0.2, -0.15) is 5.26 Å². The summed E-state index contributed by atoms with van der Waals surface area (Å²) in [6, 6.07) is 8.91. The van der Waals surface area contributed by atoms with Gasteiger partial charge in [-0.25, -0.2) is 5.01 Å². The van der Waals surface area contributed by atoms with E-state index in [1.165, 1.54) is 12.4 Å². The number of benzene rings is 1. The van der Waals surface area contributed by atoms with Gasteiger partial charge in [-0.15, -0.1) is 0 Å². The number of nitrogen functional groups attached to an aromatic ring is 1. The lowest BCUT2D eigenvalue weighted by Crippen LogP contribution is -2.36. The highest BCUT2D eigenvalue weighted by Crippen LogP contribution is 2.29. The second-order valence-corrected chi connectivity index (χ2v) is 4.04. The molecule has 0 saturated carbocycles. The highest BCUT2D eigenvalue weighted by atomic mass is 16.2. The minimum atomic E-state index is 0.189. The maximum absolute atomic E-state index is 11.0. The Balaban J connectivity index is 2.58. The van der Waals surface area contributed by atoms with Gasteiger partial charge in [0.2, 0.25) is 12.8 Å². The van der Waals surface area contributed by atoms with E-state index in [-0.39, 0.29) is 11.3 Å². The maximum Gasteiger partial charge on any atom is 0.233 e. The molecule has 0 fully saturated rings. The molecule has 0 bridgehead atoms. The Morgan fingerprint density at radius 1 is 1.24 bits per heavy atom. The van der Waals surface area contributed by atoms with Crippen molar-refractivity contribution in [2.45, 2.75) is 0 Å². The van der Waals surface area contributed by atoms with E-state index in [4.69, 9.17) is 5.73 Å². The van der Waals surface area contributed by atoms with Gasteiger partial charge in [-0.3, -0.25) is 20.0 Å². The molecule has 1 aromatic heterocycles. The molecule has 7 nitrogen and oxygen atoms in total. The first-order valence-electron chi connectivity index (χ1n) is 5.89. The number of pyridine rings is 1. The second kappa shape index (κ2) is 6.16. The number of hydrogen-bond acceptors (Lipinski definition) is 5. The van der Waals surface area contributed by atoms with E-state index < -0.39 is 0 Å². The largest absolute Gasteiger partial charge is 0.399 e. The Labute approximate surface area is 120 Å². The van der Waals surface area contributed by atoms with E-state index in [1.807, 2.05) is 6.07 Å². The van der Waals surface area contributed by atoms with Crippen LogP contribution >= 0.6 is 0 Å². The van der Waals surface area contributed by atoms with Crippen LogP contribution in [-0.4, -0.2) is 17.8 Å². The summed E-state index contributed by atoms with van der Waals surface area (Å²) in [6.07, 6.45) is 3.56. The number of hydrazine groups is 1. The highest BCUT2D eigenvalue weighted by molar-refractivity contribution is 5.85. The smallest absolute Gasteiger partial charge is 0.233 e. The van der Waals surface area contributed by atoms with E-state index in [0.29, 0.717) is 24.1 Å². The first-order valence-corrected chi connectivity index (χ1v) is 5.89. The van der Waals surface area contributed by atoms with Crippen molar-refractivity contribution in [3.05, 3.63) is 42.2 Å². The predicted molar refractivity (Wildman–Crippen MR) is 76.5 cm³/mol. The van der Waals surface area contributed by atoms with Crippen molar-refractivity contribution in [3.63, 3.8) is 0 Å². The van der Waals surface area contributed by atoms with Crippen molar-refractivity contribution < 1.29 is 9.59 Å². The van der Waals surface area contributed by atoms with Gasteiger partial charge in [-0.1, -0.05) is 12.1 Å². The Hall–Kier alpha value is -3.40. The molecule has 1 aromatic carbocycles. The summed E-state index contributed by atoms with van der Waals surface area (Å²) >= 11 is 0. The molecule has 21 heavy (non-hydrogen) atoms. The van der Waals surface area contributed by atoms with Gasteiger partial charge < -0.3 is 5.73 Å². The lowest BCUT2D eigenvalue weighted by molar-refractivity contribution is -0.113. The third-order valence-corrected chi connectivity index (χ3v) is 2.82. The third kappa shape index (κ3) is 2.79. The first kappa shape index (κ1) is 14.0. The lowest BCUT2D eigenvalue weighted by atomic mass is 10.0. The van der Waals surface area contributed by atoms with E-state index in [0.717, 1.165) is 10.6 Å². The van der Waals surface area contributed by atoms with Gasteiger partial charge in [0.05, 0.1) is 11.8 Å². The Morgan fingerprint density at radius 3 is 2.52 bits per heavy atom. The van der Waals surface area contributed by atoms with Crippen molar-refractivity contribution in [2.24, 2.45) is 0 Å². The van der Waals surface area contributed by atoms with E-state index in [9.17, 15) is 14.9 Å². The topological polar surface area (TPSA) is 112 Å². The zero-order valence-corrected chi connectivity index (χ0v) is 10.9. The number of anilines is 2. The molecule has 2 amide bonds. The highest BCUT2D eigenvalue weighted by Gasteiger charge is 2.15. The van der Waals surface area contributed by atoms with Crippen LogP contribution in [0.2, 0.25) is 0 Å². The molecule has 0 saturated heterocycles. The summed E-state index contributed by atoms with van der Waals surface area (Å²) in [4.78, 5) is 25.5. The van der Waals surface area contributed by atoms with Crippen LogP contribution in [0.1, 0.15) is 5.56 Å². The van der Waals surface area contributed by atoms with Crippen molar-refractivity contribution >= 4 is 24.2 Å². The van der Waals surface area contributed by atoms with Gasteiger partial charge >= 0.3 is 0 Å². The third-order valence-electron chi connectivity index (χ3n) is 2.82. The number of nitriles is 1. The van der Waals surface area contributed by atoms with Crippen LogP contribution in [0.5, 0.6) is 0 Å². The molecule has 0 aliphatic rings. The number of carbonyl (C=O) groups is 2. The number of aromatic nitrogens is 1. The normalized spacial score (nSPS) is 9.48. The quantitative estimate of drug-likeness (QED) is 0.479. The molecule has 0 radical (unpaired) electrons. The van der Waals surface area contributed by atoms with Crippen molar-refractivity contribution in [1.29, 1.82) is 5.26 Å². The molecule has 0 aliphatic heterocycles. The number of rotatable bonds is 5. The summed E-state index contributed by atoms with van der Waals surface area (Å²) < 4.78 is 0. The van der Waals surface area contributed by atoms with Crippen molar-refractivity contribution in [2.75, 3.05) is 10.7 Å². The number of nitrogens with one attached hydrogen (secondary N) is 1. The van der Waals surface area contributed by atoms with Crippen LogP contribution in [0.3, 0.4) is 0 Å². The Bertz CT molecular complexity index is 706. The summed E-state index contributed by atoms with van der Waals surface area (Å²) in [5.41, 5.74) is 10.1. The fourth-order valence-corrected chi connectivity index (χ4v) is 1.84. The summed E-state index contributed by atoms with van der Waals surface area (Å²) in [6.45, 7) is 0. The molecule has 3 N–H and O–H groups in total. The standard InChI is InChI=1S/C14H11N5O2/c15-5-12-13(10-1-3-11(16)4-2-10)6-17-7-14(12)19(9-21)18-8-20/h1-4,6-9H,16H2,(H,18,20). The van der Waals surface area contributed by atoms with Crippen LogP contribution in [0, 0.1) is 11.3 Å². The Kier molecular flexibility index (Phi) is 4.11. The molecular weight excluding hydrogens is 270 g/mol. The fourth-order valence-electron chi connectivity index (χ4n) is 1.84. The predicted octanol–water partition coefficient (Wildman–Crippen LogP) is 0.826. The van der Waals surface area contributed by atoms with Crippen LogP contribution in [0.25, 0.3) is 11.1 Å². The van der Waals surface area contributed by atoms with Crippen molar-refractivity contribution in [1.82, 2.24) is 10.4 Å². The van der Waals surface area contributed by atoms with Gasteiger partial charge in [-0.05, 0) is 17.7 Å². The minimum absolute atomic E-state index is 0.189. The van der Waals surface area contributed by atoms with Gasteiger partial charge in [0.1, 0.15) is 11.8 Å². The average molecular weight is 281 g/mol. The first-order chi connectivity index (χ1) is 10.2. The van der Waals surface area contributed by atoms with Crippen LogP contribution < -0.4 is 16.2 Å². The zero-order valence-electron chi connectivity index (χ0n) is 10.9. The molecule has 104 valence electrons. The zero-order chi connectivity index (χ0) is 15.2. The van der Waals surface area contributed by atoms with Crippen molar-refractivity contribution in [3.8, 4) is 17.2 Å². The number of carbonyl (C=O) groups excluding carboxylic acids is 2. The lowest BCUT2D eigenvalue weighted by Gasteiger charge is -2.17. The molecule has 0 spiro atoms. The average Bonchev–Trinajstić information content (AvgIpc) is 2.52. The maximum atomic E-state index is 11.0. The molecule has 0 aliphatic carbocycles. The number of nitrogens with two attached hydrogens (primary N) is 1. The SMILES string of the molecule is N#Cc1c(-c2ccc(N)cc2)cncc1N(C=O)NC=O. The Morgan fingerprint density at radius 2 is 1.95 bits per heavy atom. The minimum Gasteiger partial charge on any atom is -0.399 e. The summed E-state index contributed by atoms with van der Waals surface area (Å²) in [7, 11) is 0. The monoisotopic (exact) mass is 281 g/mol. The molecular formula is C14H11N5O2. The van der Waals surface area contributed by atoms with Crippen LogP contribution in [0.15, 0.2) is 36.7 Å². The van der Waals surface area contributed by atoms with Crippen LogP contribution in [-0.2, 0) is 9.59 Å². The number of hydrogen-bond donors (Lipinski definition) is 2. The van der Waals surface area contributed by atoms with Crippen LogP contribution in [0.4, 0.5) is 11.4 Å². The molecule has 7 heteroatoms. The van der Waals surface area contributed by atoms with Gasteiger partial charge in [0.25, 0.3) is 0 Å². The van der Waals surface area contributed by atoms with E-state index >= 15 is 0 Å². The fraction of sp³-hybridized carbons (Fsp3) is 0.